The van der Waals surface area contributed by atoms with Gasteiger partial charge in [0, 0.05) is 6.42 Å². The van der Waals surface area contributed by atoms with Crippen LogP contribution in [0.25, 0.3) is 0 Å². The van der Waals surface area contributed by atoms with Gasteiger partial charge in [0.15, 0.2) is 0 Å². The Hall–Kier alpha value is -1.35. The van der Waals surface area contributed by atoms with Crippen molar-refractivity contribution in [2.75, 3.05) is 20.1 Å². The van der Waals surface area contributed by atoms with Crippen LogP contribution >= 0.6 is 0 Å². The third-order valence-corrected chi connectivity index (χ3v) is 4.25. The molecule has 3 nitrogen and oxygen atoms in total. The molecule has 19 heavy (non-hydrogen) atoms. The van der Waals surface area contributed by atoms with Gasteiger partial charge in [-0.1, -0.05) is 19.1 Å². The molecule has 0 bridgehead atoms. The zero-order valence-electron chi connectivity index (χ0n) is 11.9. The van der Waals surface area contributed by atoms with Gasteiger partial charge in [-0.25, -0.2) is 0 Å². The first-order valence-electron chi connectivity index (χ1n) is 7.10. The number of phenolic OH excluding ortho intramolecular Hbond substituents is 1. The molecule has 0 atom stereocenters. The highest BCUT2D eigenvalue weighted by Gasteiger charge is 2.41. The van der Waals surface area contributed by atoms with E-state index in [0.717, 1.165) is 37.9 Å². The van der Waals surface area contributed by atoms with Crippen LogP contribution in [0, 0.1) is 0 Å². The normalized spacial score (nSPS) is 19.3. The predicted molar refractivity (Wildman–Crippen MR) is 76.4 cm³/mol. The third-order valence-electron chi connectivity index (χ3n) is 4.25. The molecule has 0 saturated carbocycles. The van der Waals surface area contributed by atoms with Gasteiger partial charge in [-0.05, 0) is 57.1 Å². The molecule has 1 N–H and O–H groups in total. The van der Waals surface area contributed by atoms with Crippen molar-refractivity contribution in [3.8, 4) is 5.75 Å². The van der Waals surface area contributed by atoms with Crippen LogP contribution in [0.1, 0.15) is 38.2 Å². The summed E-state index contributed by atoms with van der Waals surface area (Å²) in [6.45, 7) is 3.92. The second-order valence-corrected chi connectivity index (χ2v) is 5.61. The lowest BCUT2D eigenvalue weighted by Crippen LogP contribution is -2.46. The lowest BCUT2D eigenvalue weighted by Gasteiger charge is -2.40. The Balaban J connectivity index is 2.36. The van der Waals surface area contributed by atoms with Gasteiger partial charge >= 0.3 is 0 Å². The van der Waals surface area contributed by atoms with Crippen LogP contribution in [-0.4, -0.2) is 35.9 Å². The fraction of sp³-hybridized carbons (Fsp3) is 0.562. The van der Waals surface area contributed by atoms with Gasteiger partial charge in [-0.3, -0.25) is 4.79 Å². The minimum atomic E-state index is -0.388. The number of Topliss-reactive ketones (excluding diaryl/α,β-unsaturated/α-hetero) is 1. The molecule has 0 unspecified atom stereocenters. The number of phenols is 1. The third kappa shape index (κ3) is 2.81. The Morgan fingerprint density at radius 3 is 2.63 bits per heavy atom. The van der Waals surface area contributed by atoms with Gasteiger partial charge < -0.3 is 10.0 Å². The molecule has 0 aromatic heterocycles. The number of hydrogen-bond acceptors (Lipinski definition) is 3. The Morgan fingerprint density at radius 1 is 1.37 bits per heavy atom. The molecule has 2 rings (SSSR count). The van der Waals surface area contributed by atoms with Crippen molar-refractivity contribution >= 4 is 5.78 Å². The molecule has 1 aliphatic heterocycles. The molecular formula is C16H23NO2. The largest absolute Gasteiger partial charge is 0.508 e. The molecule has 0 aliphatic carbocycles. The topological polar surface area (TPSA) is 40.5 Å². The zero-order chi connectivity index (χ0) is 13.9. The number of piperidine rings is 1. The number of hydrogen-bond donors (Lipinski definition) is 1. The predicted octanol–water partition coefficient (Wildman–Crippen LogP) is 2.72. The quantitative estimate of drug-likeness (QED) is 0.906. The van der Waals surface area contributed by atoms with Crippen LogP contribution in [0.3, 0.4) is 0 Å². The van der Waals surface area contributed by atoms with E-state index in [0.29, 0.717) is 12.2 Å². The molecule has 1 heterocycles. The minimum absolute atomic E-state index is 0.250. The van der Waals surface area contributed by atoms with Gasteiger partial charge in [0.25, 0.3) is 0 Å². The highest BCUT2D eigenvalue weighted by Crippen LogP contribution is 2.38. The van der Waals surface area contributed by atoms with E-state index in [1.165, 1.54) is 0 Å². The monoisotopic (exact) mass is 261 g/mol. The van der Waals surface area contributed by atoms with Crippen molar-refractivity contribution in [2.45, 2.75) is 38.0 Å². The van der Waals surface area contributed by atoms with Gasteiger partial charge in [0.05, 0.1) is 5.41 Å². The first kappa shape index (κ1) is 14.1. The number of likely N-dealkylation sites (tertiary alicyclic amines) is 1. The van der Waals surface area contributed by atoms with Gasteiger partial charge in [-0.15, -0.1) is 0 Å². The summed E-state index contributed by atoms with van der Waals surface area (Å²) in [5.74, 6) is 0.578. The maximum Gasteiger partial charge on any atom is 0.143 e. The number of carbonyl (C=O) groups is 1. The lowest BCUT2D eigenvalue weighted by atomic mass is 9.68. The molecular weight excluding hydrogens is 238 g/mol. The van der Waals surface area contributed by atoms with Crippen molar-refractivity contribution in [1.82, 2.24) is 4.90 Å². The number of benzene rings is 1. The Kier molecular flexibility index (Phi) is 4.25. The van der Waals surface area contributed by atoms with Crippen molar-refractivity contribution in [3.63, 3.8) is 0 Å². The molecule has 1 saturated heterocycles. The highest BCUT2D eigenvalue weighted by atomic mass is 16.3. The molecule has 1 aliphatic rings. The van der Waals surface area contributed by atoms with Crippen LogP contribution in [0.5, 0.6) is 5.75 Å². The molecule has 1 aromatic rings. The molecule has 1 fully saturated rings. The molecule has 0 spiro atoms. The summed E-state index contributed by atoms with van der Waals surface area (Å²) in [7, 11) is 2.09. The maximum absolute atomic E-state index is 12.6. The number of nitrogens with zero attached hydrogens (tertiary/aromatic N) is 1. The standard InChI is InChI=1S/C16H23NO2/c1-3-5-15(19)16(8-10-17(2)11-9-16)13-6-4-7-14(18)12-13/h4,6-7,12,18H,3,5,8-11H2,1-2H3. The summed E-state index contributed by atoms with van der Waals surface area (Å²) in [6, 6.07) is 7.25. The van der Waals surface area contributed by atoms with Crippen LogP contribution in [0.15, 0.2) is 24.3 Å². The van der Waals surface area contributed by atoms with E-state index in [1.54, 1.807) is 12.1 Å². The van der Waals surface area contributed by atoms with E-state index in [4.69, 9.17) is 0 Å². The first-order chi connectivity index (χ1) is 9.08. The first-order valence-corrected chi connectivity index (χ1v) is 7.10. The van der Waals surface area contributed by atoms with Gasteiger partial charge in [0.1, 0.15) is 11.5 Å². The second-order valence-electron chi connectivity index (χ2n) is 5.61. The fourth-order valence-electron chi connectivity index (χ4n) is 3.00. The second kappa shape index (κ2) is 5.74. The minimum Gasteiger partial charge on any atom is -0.508 e. The number of rotatable bonds is 4. The summed E-state index contributed by atoms with van der Waals surface area (Å²) in [5, 5.41) is 9.70. The summed E-state index contributed by atoms with van der Waals surface area (Å²) < 4.78 is 0. The van der Waals surface area contributed by atoms with Crippen LogP contribution < -0.4 is 0 Å². The average molecular weight is 261 g/mol. The van der Waals surface area contributed by atoms with Crippen molar-refractivity contribution < 1.29 is 9.90 Å². The SMILES string of the molecule is CCCC(=O)C1(c2cccc(O)c2)CCN(C)CC1. The summed E-state index contributed by atoms with van der Waals surface area (Å²) in [5.41, 5.74) is 0.598. The maximum atomic E-state index is 12.6. The van der Waals surface area contributed by atoms with E-state index in [-0.39, 0.29) is 11.2 Å². The summed E-state index contributed by atoms with van der Waals surface area (Å²) in [6.07, 6.45) is 3.21. The fourth-order valence-corrected chi connectivity index (χ4v) is 3.00. The van der Waals surface area contributed by atoms with E-state index in [1.807, 2.05) is 19.1 Å². The lowest BCUT2D eigenvalue weighted by molar-refractivity contribution is -0.126. The van der Waals surface area contributed by atoms with Crippen LogP contribution in [0.2, 0.25) is 0 Å². The summed E-state index contributed by atoms with van der Waals surface area (Å²) in [4.78, 5) is 14.9. The van der Waals surface area contributed by atoms with Crippen molar-refractivity contribution in [1.29, 1.82) is 0 Å². The van der Waals surface area contributed by atoms with E-state index in [2.05, 4.69) is 11.9 Å². The van der Waals surface area contributed by atoms with E-state index >= 15 is 0 Å². The average Bonchev–Trinajstić information content (AvgIpc) is 2.40. The van der Waals surface area contributed by atoms with E-state index < -0.39 is 0 Å². The van der Waals surface area contributed by atoms with Crippen molar-refractivity contribution in [2.24, 2.45) is 0 Å². The number of carbonyl (C=O) groups excluding carboxylic acids is 1. The van der Waals surface area contributed by atoms with Crippen LogP contribution in [-0.2, 0) is 10.2 Å². The van der Waals surface area contributed by atoms with Gasteiger partial charge in [-0.2, -0.15) is 0 Å². The smallest absolute Gasteiger partial charge is 0.143 e. The van der Waals surface area contributed by atoms with E-state index in [9.17, 15) is 9.90 Å². The molecule has 0 radical (unpaired) electrons. The molecule has 0 amide bonds. The van der Waals surface area contributed by atoms with Crippen molar-refractivity contribution in [3.05, 3.63) is 29.8 Å². The molecule has 1 aromatic carbocycles. The zero-order valence-corrected chi connectivity index (χ0v) is 11.9. The summed E-state index contributed by atoms with van der Waals surface area (Å²) >= 11 is 0. The van der Waals surface area contributed by atoms with Gasteiger partial charge in [0.2, 0.25) is 0 Å². The molecule has 104 valence electrons. The Labute approximate surface area is 115 Å². The number of aromatic hydroxyl groups is 1. The Morgan fingerprint density at radius 2 is 2.05 bits per heavy atom. The van der Waals surface area contributed by atoms with Crippen LogP contribution in [0.4, 0.5) is 0 Å². The number of ketones is 1. The Bertz CT molecular complexity index is 448. The highest BCUT2D eigenvalue weighted by molar-refractivity contribution is 5.90. The molecule has 3 heteroatoms.